The summed E-state index contributed by atoms with van der Waals surface area (Å²) < 4.78 is 6.25. The first-order valence-corrected chi connectivity index (χ1v) is 7.16. The lowest BCUT2D eigenvalue weighted by atomic mass is 10.2. The molecule has 0 unspecified atom stereocenters. The van der Waals surface area contributed by atoms with E-state index in [2.05, 4.69) is 21.2 Å². The highest BCUT2D eigenvalue weighted by molar-refractivity contribution is 9.10. The second-order valence-corrected chi connectivity index (χ2v) is 5.69. The SMILES string of the molecule is COc1ccc(Cl)cc1CNc1ccc(Br)cc1Cl. The highest BCUT2D eigenvalue weighted by atomic mass is 79.9. The van der Waals surface area contributed by atoms with Gasteiger partial charge < -0.3 is 10.1 Å². The lowest BCUT2D eigenvalue weighted by Crippen LogP contribution is -2.02. The van der Waals surface area contributed by atoms with Crippen molar-refractivity contribution in [3.8, 4) is 5.75 Å². The van der Waals surface area contributed by atoms with Crippen LogP contribution in [0, 0.1) is 0 Å². The standard InChI is InChI=1S/C14H12BrCl2NO/c1-19-14-5-3-11(16)6-9(14)8-18-13-4-2-10(15)7-12(13)17/h2-7,18H,8H2,1H3. The van der Waals surface area contributed by atoms with E-state index < -0.39 is 0 Å². The van der Waals surface area contributed by atoms with Gasteiger partial charge in [0.05, 0.1) is 17.8 Å². The average molecular weight is 361 g/mol. The fourth-order valence-electron chi connectivity index (χ4n) is 1.71. The monoisotopic (exact) mass is 359 g/mol. The number of anilines is 1. The van der Waals surface area contributed by atoms with Crippen molar-refractivity contribution < 1.29 is 4.74 Å². The Bertz CT molecular complexity index is 590. The molecule has 2 nitrogen and oxygen atoms in total. The molecule has 5 heteroatoms. The van der Waals surface area contributed by atoms with Crippen molar-refractivity contribution in [3.05, 3.63) is 56.5 Å². The first-order valence-electron chi connectivity index (χ1n) is 5.61. The van der Waals surface area contributed by atoms with Crippen LogP contribution in [0.3, 0.4) is 0 Å². The van der Waals surface area contributed by atoms with Gasteiger partial charge >= 0.3 is 0 Å². The summed E-state index contributed by atoms with van der Waals surface area (Å²) in [4.78, 5) is 0. The summed E-state index contributed by atoms with van der Waals surface area (Å²) in [7, 11) is 1.64. The molecule has 0 atom stereocenters. The van der Waals surface area contributed by atoms with E-state index in [9.17, 15) is 0 Å². The molecule has 0 aliphatic heterocycles. The molecule has 0 aromatic heterocycles. The van der Waals surface area contributed by atoms with Crippen LogP contribution in [-0.4, -0.2) is 7.11 Å². The van der Waals surface area contributed by atoms with E-state index in [-0.39, 0.29) is 0 Å². The second kappa shape index (κ2) is 6.51. The van der Waals surface area contributed by atoms with Gasteiger partial charge in [0.25, 0.3) is 0 Å². The van der Waals surface area contributed by atoms with Gasteiger partial charge in [-0.25, -0.2) is 0 Å². The van der Waals surface area contributed by atoms with Gasteiger partial charge in [-0.15, -0.1) is 0 Å². The Labute approximate surface area is 130 Å². The third-order valence-electron chi connectivity index (χ3n) is 2.64. The number of halogens is 3. The van der Waals surface area contributed by atoms with Crippen LogP contribution in [0.1, 0.15) is 5.56 Å². The Morgan fingerprint density at radius 3 is 2.63 bits per heavy atom. The lowest BCUT2D eigenvalue weighted by Gasteiger charge is -2.12. The minimum atomic E-state index is 0.588. The zero-order chi connectivity index (χ0) is 13.8. The number of hydrogen-bond donors (Lipinski definition) is 1. The molecule has 19 heavy (non-hydrogen) atoms. The van der Waals surface area contributed by atoms with Gasteiger partial charge in [-0.05, 0) is 36.4 Å². The normalized spacial score (nSPS) is 10.3. The van der Waals surface area contributed by atoms with E-state index in [4.69, 9.17) is 27.9 Å². The van der Waals surface area contributed by atoms with E-state index >= 15 is 0 Å². The van der Waals surface area contributed by atoms with Crippen molar-refractivity contribution in [2.75, 3.05) is 12.4 Å². The van der Waals surface area contributed by atoms with Gasteiger partial charge in [0, 0.05) is 21.6 Å². The van der Waals surface area contributed by atoms with Crippen molar-refractivity contribution in [3.63, 3.8) is 0 Å². The fourth-order valence-corrected chi connectivity index (χ4v) is 2.64. The maximum absolute atomic E-state index is 6.15. The largest absolute Gasteiger partial charge is 0.496 e. The van der Waals surface area contributed by atoms with Crippen molar-refractivity contribution in [1.29, 1.82) is 0 Å². The lowest BCUT2D eigenvalue weighted by molar-refractivity contribution is 0.410. The van der Waals surface area contributed by atoms with Crippen LogP contribution in [0.15, 0.2) is 40.9 Å². The van der Waals surface area contributed by atoms with Crippen molar-refractivity contribution in [2.24, 2.45) is 0 Å². The van der Waals surface area contributed by atoms with Gasteiger partial charge in [0.2, 0.25) is 0 Å². The molecular weight excluding hydrogens is 349 g/mol. The van der Waals surface area contributed by atoms with Gasteiger partial charge in [-0.3, -0.25) is 0 Å². The average Bonchev–Trinajstić information content (AvgIpc) is 2.38. The highest BCUT2D eigenvalue weighted by Gasteiger charge is 2.05. The molecule has 0 aliphatic rings. The van der Waals surface area contributed by atoms with Crippen LogP contribution in [-0.2, 0) is 6.54 Å². The molecule has 0 bridgehead atoms. The molecule has 0 aliphatic carbocycles. The molecule has 0 saturated carbocycles. The molecule has 0 heterocycles. The summed E-state index contributed by atoms with van der Waals surface area (Å²) in [5.41, 5.74) is 1.85. The first kappa shape index (κ1) is 14.5. The third-order valence-corrected chi connectivity index (χ3v) is 3.68. The van der Waals surface area contributed by atoms with Gasteiger partial charge in [-0.2, -0.15) is 0 Å². The summed E-state index contributed by atoms with van der Waals surface area (Å²) in [6.07, 6.45) is 0. The molecule has 0 fully saturated rings. The third kappa shape index (κ3) is 3.78. The number of benzene rings is 2. The number of rotatable bonds is 4. The maximum atomic E-state index is 6.15. The summed E-state index contributed by atoms with van der Waals surface area (Å²) in [6.45, 7) is 0.588. The molecule has 0 radical (unpaired) electrons. The summed E-state index contributed by atoms with van der Waals surface area (Å²) in [5.74, 6) is 0.796. The highest BCUT2D eigenvalue weighted by Crippen LogP contribution is 2.28. The minimum Gasteiger partial charge on any atom is -0.496 e. The molecule has 0 spiro atoms. The Balaban J connectivity index is 2.16. The molecule has 2 aromatic carbocycles. The molecule has 2 aromatic rings. The van der Waals surface area contributed by atoms with Crippen LogP contribution in [0.2, 0.25) is 10.0 Å². The van der Waals surface area contributed by atoms with Gasteiger partial charge in [0.15, 0.2) is 0 Å². The smallest absolute Gasteiger partial charge is 0.123 e. The molecular formula is C14H12BrCl2NO. The number of ether oxygens (including phenoxy) is 1. The Hall–Kier alpha value is -0.900. The van der Waals surface area contributed by atoms with E-state index in [0.29, 0.717) is 16.6 Å². The molecule has 100 valence electrons. The number of methoxy groups -OCH3 is 1. The predicted octanol–water partition coefficient (Wildman–Crippen LogP) is 5.38. The summed E-state index contributed by atoms with van der Waals surface area (Å²) in [5, 5.41) is 4.61. The summed E-state index contributed by atoms with van der Waals surface area (Å²) >= 11 is 15.5. The molecule has 2 rings (SSSR count). The maximum Gasteiger partial charge on any atom is 0.123 e. The number of hydrogen-bond acceptors (Lipinski definition) is 2. The van der Waals surface area contributed by atoms with Gasteiger partial charge in [-0.1, -0.05) is 39.1 Å². The predicted molar refractivity (Wildman–Crippen MR) is 84.5 cm³/mol. The van der Waals surface area contributed by atoms with Crippen LogP contribution in [0.25, 0.3) is 0 Å². The zero-order valence-electron chi connectivity index (χ0n) is 10.2. The van der Waals surface area contributed by atoms with Gasteiger partial charge in [0.1, 0.15) is 5.75 Å². The Morgan fingerprint density at radius 2 is 1.95 bits per heavy atom. The van der Waals surface area contributed by atoms with Crippen LogP contribution < -0.4 is 10.1 Å². The zero-order valence-corrected chi connectivity index (χ0v) is 13.3. The Kier molecular flexibility index (Phi) is 4.97. The van der Waals surface area contributed by atoms with E-state index in [0.717, 1.165) is 21.5 Å². The van der Waals surface area contributed by atoms with Crippen molar-refractivity contribution in [1.82, 2.24) is 0 Å². The van der Waals surface area contributed by atoms with Crippen molar-refractivity contribution in [2.45, 2.75) is 6.54 Å². The topological polar surface area (TPSA) is 21.3 Å². The molecule has 1 N–H and O–H groups in total. The molecule has 0 saturated heterocycles. The van der Waals surface area contributed by atoms with E-state index in [1.807, 2.05) is 30.3 Å². The van der Waals surface area contributed by atoms with Crippen LogP contribution in [0.5, 0.6) is 5.75 Å². The summed E-state index contributed by atoms with van der Waals surface area (Å²) in [6, 6.07) is 11.2. The van der Waals surface area contributed by atoms with Crippen molar-refractivity contribution >= 4 is 44.8 Å². The van der Waals surface area contributed by atoms with Crippen LogP contribution >= 0.6 is 39.1 Å². The van der Waals surface area contributed by atoms with E-state index in [1.165, 1.54) is 0 Å². The number of nitrogens with one attached hydrogen (secondary N) is 1. The minimum absolute atomic E-state index is 0.588. The van der Waals surface area contributed by atoms with Crippen LogP contribution in [0.4, 0.5) is 5.69 Å². The first-order chi connectivity index (χ1) is 9.10. The second-order valence-electron chi connectivity index (χ2n) is 3.93. The van der Waals surface area contributed by atoms with E-state index in [1.54, 1.807) is 13.2 Å². The molecule has 0 amide bonds. The Morgan fingerprint density at radius 1 is 1.16 bits per heavy atom. The quantitative estimate of drug-likeness (QED) is 0.790. The fraction of sp³-hybridized carbons (Fsp3) is 0.143.